The van der Waals surface area contributed by atoms with E-state index in [-0.39, 0.29) is 12.0 Å². The summed E-state index contributed by atoms with van der Waals surface area (Å²) in [7, 11) is 0. The summed E-state index contributed by atoms with van der Waals surface area (Å²) in [6, 6.07) is 5.62. The molecule has 1 atom stereocenters. The number of benzene rings is 1. The molecule has 1 aromatic rings. The van der Waals surface area contributed by atoms with Gasteiger partial charge in [0.15, 0.2) is 0 Å². The average Bonchev–Trinajstić information content (AvgIpc) is 2.64. The summed E-state index contributed by atoms with van der Waals surface area (Å²) in [6.07, 6.45) is 0.320. The van der Waals surface area contributed by atoms with Gasteiger partial charge in [-0.2, -0.15) is 0 Å². The standard InChI is InChI=1S/C12H14BrNO2/c1-8-6-9(13)2-3-11(8)12(16)14-5-4-10(15)7-14/h2-3,6,10,15H,4-5,7H2,1H3/t10-/m1/s1. The van der Waals surface area contributed by atoms with Crippen LogP contribution < -0.4 is 0 Å². The lowest BCUT2D eigenvalue weighted by Gasteiger charge is -2.16. The molecule has 1 fully saturated rings. The highest BCUT2D eigenvalue weighted by Gasteiger charge is 2.25. The van der Waals surface area contributed by atoms with Crippen molar-refractivity contribution in [2.24, 2.45) is 0 Å². The molecule has 1 amide bonds. The second kappa shape index (κ2) is 4.55. The van der Waals surface area contributed by atoms with Crippen LogP contribution in [0.1, 0.15) is 22.3 Å². The van der Waals surface area contributed by atoms with Crippen molar-refractivity contribution in [1.82, 2.24) is 4.90 Å². The lowest BCUT2D eigenvalue weighted by Crippen LogP contribution is -2.30. The summed E-state index contributed by atoms with van der Waals surface area (Å²) in [4.78, 5) is 13.8. The average molecular weight is 284 g/mol. The summed E-state index contributed by atoms with van der Waals surface area (Å²) < 4.78 is 0.975. The predicted molar refractivity (Wildman–Crippen MR) is 65.4 cm³/mol. The van der Waals surface area contributed by atoms with Gasteiger partial charge in [0.1, 0.15) is 0 Å². The number of hydrogen-bond donors (Lipinski definition) is 1. The van der Waals surface area contributed by atoms with E-state index in [9.17, 15) is 9.90 Å². The number of likely N-dealkylation sites (tertiary alicyclic amines) is 1. The largest absolute Gasteiger partial charge is 0.391 e. The summed E-state index contributed by atoms with van der Waals surface area (Å²) in [5.74, 6) is 0.0153. The van der Waals surface area contributed by atoms with Crippen molar-refractivity contribution in [2.45, 2.75) is 19.4 Å². The minimum Gasteiger partial charge on any atom is -0.391 e. The maximum atomic E-state index is 12.1. The van der Waals surface area contributed by atoms with E-state index in [2.05, 4.69) is 15.9 Å². The van der Waals surface area contributed by atoms with Gasteiger partial charge in [-0.15, -0.1) is 0 Å². The molecule has 0 radical (unpaired) electrons. The second-order valence-corrected chi connectivity index (χ2v) is 5.07. The lowest BCUT2D eigenvalue weighted by atomic mass is 10.1. The number of nitrogens with zero attached hydrogens (tertiary/aromatic N) is 1. The minimum absolute atomic E-state index is 0.0153. The van der Waals surface area contributed by atoms with Gasteiger partial charge in [0.05, 0.1) is 6.10 Å². The van der Waals surface area contributed by atoms with Crippen molar-refractivity contribution in [1.29, 1.82) is 0 Å². The van der Waals surface area contributed by atoms with Gasteiger partial charge in [0.2, 0.25) is 0 Å². The number of rotatable bonds is 1. The Labute approximate surface area is 103 Å². The number of aliphatic hydroxyl groups is 1. The molecule has 0 unspecified atom stereocenters. The van der Waals surface area contributed by atoms with Crippen LogP contribution in [-0.2, 0) is 0 Å². The summed E-state index contributed by atoms with van der Waals surface area (Å²) >= 11 is 3.37. The van der Waals surface area contributed by atoms with Crippen LogP contribution in [0.2, 0.25) is 0 Å². The van der Waals surface area contributed by atoms with Gasteiger partial charge >= 0.3 is 0 Å². The van der Waals surface area contributed by atoms with Crippen molar-refractivity contribution in [2.75, 3.05) is 13.1 Å². The SMILES string of the molecule is Cc1cc(Br)ccc1C(=O)N1CC[C@@H](O)C1. The maximum Gasteiger partial charge on any atom is 0.254 e. The van der Waals surface area contributed by atoms with E-state index >= 15 is 0 Å². The quantitative estimate of drug-likeness (QED) is 0.856. The first-order valence-electron chi connectivity index (χ1n) is 5.31. The van der Waals surface area contributed by atoms with E-state index in [1.165, 1.54) is 0 Å². The van der Waals surface area contributed by atoms with Gasteiger partial charge in [-0.05, 0) is 37.1 Å². The van der Waals surface area contributed by atoms with Crippen LogP contribution in [-0.4, -0.2) is 35.1 Å². The van der Waals surface area contributed by atoms with Gasteiger partial charge in [0, 0.05) is 23.1 Å². The molecule has 1 N–H and O–H groups in total. The number of amides is 1. The Hall–Kier alpha value is -0.870. The topological polar surface area (TPSA) is 40.5 Å². The molecule has 1 aliphatic rings. The number of aryl methyl sites for hydroxylation is 1. The number of carbonyl (C=O) groups is 1. The fourth-order valence-electron chi connectivity index (χ4n) is 1.96. The first-order chi connectivity index (χ1) is 7.58. The lowest BCUT2D eigenvalue weighted by molar-refractivity contribution is 0.0764. The first-order valence-corrected chi connectivity index (χ1v) is 6.10. The van der Waals surface area contributed by atoms with E-state index in [0.29, 0.717) is 19.5 Å². The molecule has 1 heterocycles. The van der Waals surface area contributed by atoms with Crippen LogP contribution in [0, 0.1) is 6.92 Å². The fourth-order valence-corrected chi connectivity index (χ4v) is 2.44. The van der Waals surface area contributed by atoms with Crippen molar-refractivity contribution < 1.29 is 9.90 Å². The van der Waals surface area contributed by atoms with Crippen LogP contribution in [0.5, 0.6) is 0 Å². The number of aliphatic hydroxyl groups excluding tert-OH is 1. The normalized spacial score (nSPS) is 20.2. The molecular weight excluding hydrogens is 270 g/mol. The van der Waals surface area contributed by atoms with Crippen LogP contribution in [0.25, 0.3) is 0 Å². The molecule has 1 aromatic carbocycles. The Kier molecular flexibility index (Phi) is 3.30. The molecule has 3 nitrogen and oxygen atoms in total. The monoisotopic (exact) mass is 283 g/mol. The zero-order valence-electron chi connectivity index (χ0n) is 9.11. The third-order valence-electron chi connectivity index (χ3n) is 2.87. The van der Waals surface area contributed by atoms with Crippen molar-refractivity contribution >= 4 is 21.8 Å². The molecule has 0 saturated carbocycles. The number of hydrogen-bond acceptors (Lipinski definition) is 2. The molecule has 86 valence electrons. The molecule has 2 rings (SSSR count). The van der Waals surface area contributed by atoms with Crippen molar-refractivity contribution in [3.8, 4) is 0 Å². The Morgan fingerprint density at radius 3 is 2.88 bits per heavy atom. The molecule has 16 heavy (non-hydrogen) atoms. The Morgan fingerprint density at radius 1 is 1.56 bits per heavy atom. The molecule has 4 heteroatoms. The van der Waals surface area contributed by atoms with Gasteiger partial charge in [-0.25, -0.2) is 0 Å². The van der Waals surface area contributed by atoms with Crippen LogP contribution in [0.15, 0.2) is 22.7 Å². The third-order valence-corrected chi connectivity index (χ3v) is 3.36. The number of β-amino-alcohol motifs (C(OH)–C–C–N with tert-alkyl or cyclic N) is 1. The highest BCUT2D eigenvalue weighted by Crippen LogP contribution is 2.19. The smallest absolute Gasteiger partial charge is 0.254 e. The number of carbonyl (C=O) groups excluding carboxylic acids is 1. The van der Waals surface area contributed by atoms with Gasteiger partial charge in [-0.1, -0.05) is 15.9 Å². The molecular formula is C12H14BrNO2. The summed E-state index contributed by atoms with van der Waals surface area (Å²) in [5.41, 5.74) is 1.68. The fraction of sp³-hybridized carbons (Fsp3) is 0.417. The Bertz CT molecular complexity index is 419. The van der Waals surface area contributed by atoms with Crippen LogP contribution >= 0.6 is 15.9 Å². The van der Waals surface area contributed by atoms with E-state index in [0.717, 1.165) is 15.6 Å². The zero-order valence-corrected chi connectivity index (χ0v) is 10.7. The van der Waals surface area contributed by atoms with Gasteiger partial charge in [-0.3, -0.25) is 4.79 Å². The Balaban J connectivity index is 2.21. The Morgan fingerprint density at radius 2 is 2.31 bits per heavy atom. The first kappa shape index (κ1) is 11.6. The maximum absolute atomic E-state index is 12.1. The minimum atomic E-state index is -0.361. The molecule has 0 aromatic heterocycles. The highest BCUT2D eigenvalue weighted by molar-refractivity contribution is 9.10. The van der Waals surface area contributed by atoms with E-state index in [1.807, 2.05) is 25.1 Å². The molecule has 1 aliphatic heterocycles. The molecule has 0 spiro atoms. The van der Waals surface area contributed by atoms with E-state index in [1.54, 1.807) is 4.90 Å². The van der Waals surface area contributed by atoms with Crippen molar-refractivity contribution in [3.63, 3.8) is 0 Å². The third kappa shape index (κ3) is 2.28. The molecule has 1 saturated heterocycles. The second-order valence-electron chi connectivity index (χ2n) is 4.15. The van der Waals surface area contributed by atoms with Gasteiger partial charge < -0.3 is 10.0 Å². The molecule has 0 bridgehead atoms. The van der Waals surface area contributed by atoms with Crippen molar-refractivity contribution in [3.05, 3.63) is 33.8 Å². The van der Waals surface area contributed by atoms with Gasteiger partial charge in [0.25, 0.3) is 5.91 Å². The zero-order chi connectivity index (χ0) is 11.7. The summed E-state index contributed by atoms with van der Waals surface area (Å²) in [5, 5.41) is 9.41. The predicted octanol–water partition coefficient (Wildman–Crippen LogP) is 1.96. The van der Waals surface area contributed by atoms with Crippen LogP contribution in [0.3, 0.4) is 0 Å². The molecule has 0 aliphatic carbocycles. The summed E-state index contributed by atoms with van der Waals surface area (Å²) in [6.45, 7) is 3.02. The highest BCUT2D eigenvalue weighted by atomic mass is 79.9. The number of halogens is 1. The van der Waals surface area contributed by atoms with E-state index < -0.39 is 0 Å². The van der Waals surface area contributed by atoms with Crippen LogP contribution in [0.4, 0.5) is 0 Å². The van der Waals surface area contributed by atoms with E-state index in [4.69, 9.17) is 0 Å².